The predicted molar refractivity (Wildman–Crippen MR) is 80.8 cm³/mol. The van der Waals surface area contributed by atoms with Gasteiger partial charge in [0, 0.05) is 18.3 Å². The molecule has 2 aromatic rings. The van der Waals surface area contributed by atoms with E-state index in [1.807, 2.05) is 26.0 Å². The summed E-state index contributed by atoms with van der Waals surface area (Å²) in [5.74, 6) is 0.925. The fraction of sp³-hybridized carbons (Fsp3) is 0.438. The van der Waals surface area contributed by atoms with Gasteiger partial charge in [0.2, 0.25) is 0 Å². The fourth-order valence-electron chi connectivity index (χ4n) is 2.25. The summed E-state index contributed by atoms with van der Waals surface area (Å²) in [5.41, 5.74) is 3.48. The van der Waals surface area contributed by atoms with Crippen LogP contribution in [0.1, 0.15) is 43.3 Å². The number of hydrogen-bond donors (Lipinski definition) is 2. The SMILES string of the molecule is CCOc1ccc(C(CC)NCc2nc[nH]c2C)cc1. The van der Waals surface area contributed by atoms with Gasteiger partial charge in [0.15, 0.2) is 0 Å². The molecule has 0 aliphatic rings. The smallest absolute Gasteiger partial charge is 0.119 e. The number of aryl methyl sites for hydroxylation is 1. The van der Waals surface area contributed by atoms with E-state index in [4.69, 9.17) is 4.74 Å². The van der Waals surface area contributed by atoms with Gasteiger partial charge >= 0.3 is 0 Å². The van der Waals surface area contributed by atoms with Gasteiger partial charge < -0.3 is 15.0 Å². The van der Waals surface area contributed by atoms with Crippen LogP contribution >= 0.6 is 0 Å². The Labute approximate surface area is 120 Å². The Bertz CT molecular complexity index is 519. The summed E-state index contributed by atoms with van der Waals surface area (Å²) in [4.78, 5) is 7.42. The molecule has 0 saturated heterocycles. The maximum Gasteiger partial charge on any atom is 0.119 e. The molecule has 2 N–H and O–H groups in total. The molecule has 0 amide bonds. The first-order valence-corrected chi connectivity index (χ1v) is 7.19. The van der Waals surface area contributed by atoms with Crippen LogP contribution in [-0.4, -0.2) is 16.6 Å². The first-order valence-electron chi connectivity index (χ1n) is 7.19. The van der Waals surface area contributed by atoms with Crippen molar-refractivity contribution in [2.24, 2.45) is 0 Å². The number of hydrogen-bond acceptors (Lipinski definition) is 3. The zero-order chi connectivity index (χ0) is 14.4. The van der Waals surface area contributed by atoms with Crippen molar-refractivity contribution in [1.29, 1.82) is 0 Å². The van der Waals surface area contributed by atoms with E-state index >= 15 is 0 Å². The molecular formula is C16H23N3O. The van der Waals surface area contributed by atoms with Crippen LogP contribution < -0.4 is 10.1 Å². The van der Waals surface area contributed by atoms with Crippen LogP contribution in [0.4, 0.5) is 0 Å². The van der Waals surface area contributed by atoms with E-state index in [0.29, 0.717) is 12.6 Å². The third-order valence-corrected chi connectivity index (χ3v) is 3.45. The average molecular weight is 273 g/mol. The monoisotopic (exact) mass is 273 g/mol. The summed E-state index contributed by atoms with van der Waals surface area (Å²) >= 11 is 0. The van der Waals surface area contributed by atoms with Gasteiger partial charge in [-0.15, -0.1) is 0 Å². The molecule has 0 aliphatic carbocycles. The van der Waals surface area contributed by atoms with Crippen LogP contribution in [0.5, 0.6) is 5.75 Å². The number of H-pyrrole nitrogens is 1. The Kier molecular flexibility index (Phi) is 5.18. The molecule has 0 bridgehead atoms. The number of nitrogens with zero attached hydrogens (tertiary/aromatic N) is 1. The topological polar surface area (TPSA) is 49.9 Å². The molecule has 1 aromatic carbocycles. The fourth-order valence-corrected chi connectivity index (χ4v) is 2.25. The summed E-state index contributed by atoms with van der Waals surface area (Å²) in [7, 11) is 0. The minimum atomic E-state index is 0.335. The zero-order valence-corrected chi connectivity index (χ0v) is 12.4. The normalized spacial score (nSPS) is 12.3. The van der Waals surface area contributed by atoms with Gasteiger partial charge in [-0.05, 0) is 38.0 Å². The second-order valence-corrected chi connectivity index (χ2v) is 4.82. The van der Waals surface area contributed by atoms with E-state index in [9.17, 15) is 0 Å². The highest BCUT2D eigenvalue weighted by atomic mass is 16.5. The number of benzene rings is 1. The molecule has 4 nitrogen and oxygen atoms in total. The van der Waals surface area contributed by atoms with Gasteiger partial charge in [-0.3, -0.25) is 0 Å². The lowest BCUT2D eigenvalue weighted by Gasteiger charge is -2.17. The average Bonchev–Trinajstić information content (AvgIpc) is 2.87. The predicted octanol–water partition coefficient (Wildman–Crippen LogP) is 3.36. The molecule has 0 spiro atoms. The van der Waals surface area contributed by atoms with Crippen molar-refractivity contribution in [2.45, 2.75) is 39.8 Å². The minimum Gasteiger partial charge on any atom is -0.494 e. The van der Waals surface area contributed by atoms with Crippen molar-refractivity contribution in [3.8, 4) is 5.75 Å². The number of imidazole rings is 1. The van der Waals surface area contributed by atoms with E-state index < -0.39 is 0 Å². The van der Waals surface area contributed by atoms with Crippen LogP contribution in [0.2, 0.25) is 0 Å². The Hall–Kier alpha value is -1.81. The molecule has 2 rings (SSSR count). The van der Waals surface area contributed by atoms with Crippen LogP contribution in [0.25, 0.3) is 0 Å². The number of ether oxygens (including phenoxy) is 1. The molecular weight excluding hydrogens is 250 g/mol. The first kappa shape index (κ1) is 14.6. The maximum atomic E-state index is 5.47. The number of aromatic nitrogens is 2. The Morgan fingerprint density at radius 2 is 2.00 bits per heavy atom. The second-order valence-electron chi connectivity index (χ2n) is 4.82. The van der Waals surface area contributed by atoms with Crippen LogP contribution in [-0.2, 0) is 6.54 Å². The van der Waals surface area contributed by atoms with E-state index in [1.165, 1.54) is 5.56 Å². The number of nitrogens with one attached hydrogen (secondary N) is 2. The lowest BCUT2D eigenvalue weighted by atomic mass is 10.0. The molecule has 0 fully saturated rings. The van der Waals surface area contributed by atoms with Crippen LogP contribution in [0.3, 0.4) is 0 Å². The van der Waals surface area contributed by atoms with Crippen molar-refractivity contribution < 1.29 is 4.74 Å². The summed E-state index contributed by atoms with van der Waals surface area (Å²) in [6.45, 7) is 7.71. The molecule has 0 radical (unpaired) electrons. The van der Waals surface area contributed by atoms with Crippen molar-refractivity contribution in [1.82, 2.24) is 15.3 Å². The standard InChI is InChI=1S/C16H23N3O/c1-4-15(17-10-16-12(3)18-11-19-16)13-6-8-14(9-7-13)20-5-2/h6-9,11,15,17H,4-5,10H2,1-3H3,(H,18,19). The molecule has 1 atom stereocenters. The third kappa shape index (κ3) is 3.61. The van der Waals surface area contributed by atoms with E-state index in [0.717, 1.165) is 30.1 Å². The van der Waals surface area contributed by atoms with Gasteiger partial charge in [-0.2, -0.15) is 0 Å². The Morgan fingerprint density at radius 1 is 1.25 bits per heavy atom. The zero-order valence-electron chi connectivity index (χ0n) is 12.4. The largest absolute Gasteiger partial charge is 0.494 e. The van der Waals surface area contributed by atoms with Gasteiger partial charge in [-0.25, -0.2) is 4.98 Å². The molecule has 1 heterocycles. The highest BCUT2D eigenvalue weighted by Gasteiger charge is 2.10. The molecule has 4 heteroatoms. The molecule has 20 heavy (non-hydrogen) atoms. The van der Waals surface area contributed by atoms with E-state index in [1.54, 1.807) is 6.33 Å². The molecule has 0 saturated carbocycles. The van der Waals surface area contributed by atoms with Gasteiger partial charge in [0.05, 0.1) is 18.6 Å². The first-order chi connectivity index (χ1) is 9.74. The summed E-state index contributed by atoms with van der Waals surface area (Å²) in [6.07, 6.45) is 2.78. The Balaban J connectivity index is 1.98. The highest BCUT2D eigenvalue weighted by molar-refractivity contribution is 5.29. The van der Waals surface area contributed by atoms with Crippen LogP contribution in [0, 0.1) is 6.92 Å². The lowest BCUT2D eigenvalue weighted by Crippen LogP contribution is -2.20. The number of aromatic amines is 1. The second kappa shape index (κ2) is 7.10. The van der Waals surface area contributed by atoms with Gasteiger partial charge in [0.25, 0.3) is 0 Å². The lowest BCUT2D eigenvalue weighted by molar-refractivity contribution is 0.340. The summed E-state index contributed by atoms with van der Waals surface area (Å²) < 4.78 is 5.47. The quantitative estimate of drug-likeness (QED) is 0.813. The van der Waals surface area contributed by atoms with E-state index in [2.05, 4.69) is 34.3 Å². The van der Waals surface area contributed by atoms with Crippen molar-refractivity contribution >= 4 is 0 Å². The Morgan fingerprint density at radius 3 is 2.55 bits per heavy atom. The number of rotatable bonds is 7. The molecule has 108 valence electrons. The molecule has 1 unspecified atom stereocenters. The van der Waals surface area contributed by atoms with E-state index in [-0.39, 0.29) is 0 Å². The van der Waals surface area contributed by atoms with Gasteiger partial charge in [0.1, 0.15) is 5.75 Å². The summed E-state index contributed by atoms with van der Waals surface area (Å²) in [5, 5.41) is 3.56. The van der Waals surface area contributed by atoms with Crippen molar-refractivity contribution in [3.05, 3.63) is 47.5 Å². The van der Waals surface area contributed by atoms with Gasteiger partial charge in [-0.1, -0.05) is 19.1 Å². The summed E-state index contributed by atoms with van der Waals surface area (Å²) in [6, 6.07) is 8.65. The minimum absolute atomic E-state index is 0.335. The molecule has 0 aliphatic heterocycles. The maximum absolute atomic E-state index is 5.47. The van der Waals surface area contributed by atoms with Crippen LogP contribution in [0.15, 0.2) is 30.6 Å². The van der Waals surface area contributed by atoms with Crippen molar-refractivity contribution in [3.63, 3.8) is 0 Å². The molecule has 1 aromatic heterocycles. The third-order valence-electron chi connectivity index (χ3n) is 3.45. The van der Waals surface area contributed by atoms with Crippen molar-refractivity contribution in [2.75, 3.05) is 6.61 Å². The highest BCUT2D eigenvalue weighted by Crippen LogP contribution is 2.20.